The number of benzene rings is 4. The number of carbonyl (C=O) groups excluding carboxylic acids is 3. The summed E-state index contributed by atoms with van der Waals surface area (Å²) in [5.74, 6) is -2.50. The average Bonchev–Trinajstić information content (AvgIpc) is 2.83. The van der Waals surface area contributed by atoms with Crippen LogP contribution in [-0.4, -0.2) is 32.7 Å². The van der Waals surface area contributed by atoms with Gasteiger partial charge in [0.15, 0.2) is 17.3 Å². The van der Waals surface area contributed by atoms with E-state index in [0.717, 1.165) is 0 Å². The van der Waals surface area contributed by atoms with E-state index in [4.69, 9.17) is 0 Å². The first-order valence-electron chi connectivity index (χ1n) is 10.00. The van der Waals surface area contributed by atoms with Gasteiger partial charge in [0.2, 0.25) is 0 Å². The SMILES string of the molecule is O=C(c1cc(C(=O)c2ccccc2O)cc(C(=O)c2ccccc2O)c1)c1ccccc1O. The molecule has 33 heavy (non-hydrogen) atoms. The van der Waals surface area contributed by atoms with Crippen molar-refractivity contribution >= 4 is 17.3 Å². The second-order valence-corrected chi connectivity index (χ2v) is 7.34. The third kappa shape index (κ3) is 4.22. The lowest BCUT2D eigenvalue weighted by Crippen LogP contribution is -2.11. The zero-order valence-corrected chi connectivity index (χ0v) is 17.2. The highest BCUT2D eigenvalue weighted by Gasteiger charge is 2.22. The fourth-order valence-corrected chi connectivity index (χ4v) is 3.48. The molecule has 0 spiro atoms. The van der Waals surface area contributed by atoms with Gasteiger partial charge in [-0.3, -0.25) is 14.4 Å². The van der Waals surface area contributed by atoms with Crippen LogP contribution in [0, 0.1) is 0 Å². The van der Waals surface area contributed by atoms with Crippen molar-refractivity contribution in [2.45, 2.75) is 0 Å². The molecule has 4 aromatic rings. The molecule has 4 rings (SSSR count). The van der Waals surface area contributed by atoms with Gasteiger partial charge >= 0.3 is 0 Å². The highest BCUT2D eigenvalue weighted by atomic mass is 16.3. The monoisotopic (exact) mass is 438 g/mol. The number of hydrogen-bond donors (Lipinski definition) is 3. The van der Waals surface area contributed by atoms with Crippen LogP contribution in [0.15, 0.2) is 91.0 Å². The molecule has 0 aliphatic carbocycles. The summed E-state index contributed by atoms with van der Waals surface area (Å²) in [6.45, 7) is 0. The van der Waals surface area contributed by atoms with Crippen LogP contribution in [0.3, 0.4) is 0 Å². The number of phenols is 3. The summed E-state index contributed by atoms with van der Waals surface area (Å²) in [7, 11) is 0. The van der Waals surface area contributed by atoms with Crippen LogP contribution in [0.2, 0.25) is 0 Å². The summed E-state index contributed by atoms with van der Waals surface area (Å²) < 4.78 is 0. The topological polar surface area (TPSA) is 112 Å². The van der Waals surface area contributed by atoms with Crippen molar-refractivity contribution in [3.63, 3.8) is 0 Å². The Balaban J connectivity index is 1.88. The lowest BCUT2D eigenvalue weighted by molar-refractivity contribution is 0.103. The molecule has 0 saturated heterocycles. The third-order valence-corrected chi connectivity index (χ3v) is 5.17. The highest BCUT2D eigenvalue weighted by Crippen LogP contribution is 2.27. The van der Waals surface area contributed by atoms with Crippen molar-refractivity contribution in [1.29, 1.82) is 0 Å². The molecule has 0 heterocycles. The summed E-state index contributed by atoms with van der Waals surface area (Å²) in [5.41, 5.74) is 0.00599. The van der Waals surface area contributed by atoms with E-state index in [-0.39, 0.29) is 50.6 Å². The molecular formula is C27H18O6. The van der Waals surface area contributed by atoms with Gasteiger partial charge in [-0.25, -0.2) is 0 Å². The first-order valence-corrected chi connectivity index (χ1v) is 10.00. The number of ketones is 3. The molecule has 0 unspecified atom stereocenters. The maximum Gasteiger partial charge on any atom is 0.196 e. The van der Waals surface area contributed by atoms with Gasteiger partial charge in [0.05, 0.1) is 16.7 Å². The average molecular weight is 438 g/mol. The highest BCUT2D eigenvalue weighted by molar-refractivity contribution is 6.18. The van der Waals surface area contributed by atoms with Crippen LogP contribution in [-0.2, 0) is 0 Å². The predicted molar refractivity (Wildman–Crippen MR) is 121 cm³/mol. The molecule has 0 aliphatic heterocycles. The van der Waals surface area contributed by atoms with Gasteiger partial charge in [-0.2, -0.15) is 0 Å². The Morgan fingerprint density at radius 1 is 0.424 bits per heavy atom. The van der Waals surface area contributed by atoms with Crippen LogP contribution < -0.4 is 0 Å². The minimum atomic E-state index is -0.591. The fraction of sp³-hybridized carbons (Fsp3) is 0. The smallest absolute Gasteiger partial charge is 0.196 e. The maximum atomic E-state index is 13.1. The Labute approximate surface area is 189 Å². The Morgan fingerprint density at radius 3 is 0.909 bits per heavy atom. The molecule has 0 amide bonds. The maximum absolute atomic E-state index is 13.1. The van der Waals surface area contributed by atoms with E-state index < -0.39 is 17.3 Å². The first-order chi connectivity index (χ1) is 15.9. The van der Waals surface area contributed by atoms with Gasteiger partial charge in [-0.1, -0.05) is 36.4 Å². The lowest BCUT2D eigenvalue weighted by atomic mass is 9.91. The Hall–Kier alpha value is -4.71. The summed E-state index contributed by atoms with van der Waals surface area (Å²) in [6.07, 6.45) is 0. The molecule has 4 aromatic carbocycles. The second-order valence-electron chi connectivity index (χ2n) is 7.34. The standard InChI is InChI=1S/C27H18O6/c28-22-10-4-1-7-19(22)25(31)16-13-17(26(32)20-8-2-5-11-23(20)29)15-18(14-16)27(33)21-9-3-6-12-24(21)30/h1-15,28-30H. The van der Waals surface area contributed by atoms with Crippen LogP contribution in [0.5, 0.6) is 17.2 Å². The van der Waals surface area contributed by atoms with Crippen LogP contribution in [0.25, 0.3) is 0 Å². The molecule has 162 valence electrons. The molecule has 0 aliphatic rings. The van der Waals surface area contributed by atoms with Crippen LogP contribution >= 0.6 is 0 Å². The zero-order valence-electron chi connectivity index (χ0n) is 17.2. The fourth-order valence-electron chi connectivity index (χ4n) is 3.48. The van der Waals surface area contributed by atoms with E-state index in [1.807, 2.05) is 0 Å². The number of phenolic OH excluding ortho intramolecular Hbond substituents is 3. The van der Waals surface area contributed by atoms with Gasteiger partial charge in [0.1, 0.15) is 17.2 Å². The van der Waals surface area contributed by atoms with Gasteiger partial charge < -0.3 is 15.3 Å². The normalized spacial score (nSPS) is 10.5. The van der Waals surface area contributed by atoms with Crippen LogP contribution in [0.1, 0.15) is 47.8 Å². The molecule has 0 radical (unpaired) electrons. The number of rotatable bonds is 6. The molecule has 0 atom stereocenters. The van der Waals surface area contributed by atoms with Crippen molar-refractivity contribution in [3.05, 3.63) is 124 Å². The van der Waals surface area contributed by atoms with E-state index in [0.29, 0.717) is 0 Å². The molecule has 0 saturated carbocycles. The molecule has 0 aromatic heterocycles. The van der Waals surface area contributed by atoms with Gasteiger partial charge in [0.25, 0.3) is 0 Å². The third-order valence-electron chi connectivity index (χ3n) is 5.17. The summed E-state index contributed by atoms with van der Waals surface area (Å²) in [4.78, 5) is 39.4. The number of para-hydroxylation sites is 3. The minimum Gasteiger partial charge on any atom is -0.507 e. The van der Waals surface area contributed by atoms with E-state index in [2.05, 4.69) is 0 Å². The Morgan fingerprint density at radius 2 is 0.667 bits per heavy atom. The van der Waals surface area contributed by atoms with E-state index in [1.165, 1.54) is 54.6 Å². The van der Waals surface area contributed by atoms with E-state index >= 15 is 0 Å². The molecule has 0 fully saturated rings. The lowest BCUT2D eigenvalue weighted by Gasteiger charge is -2.11. The summed E-state index contributed by atoms with van der Waals surface area (Å²) in [6, 6.07) is 21.7. The number of hydrogen-bond acceptors (Lipinski definition) is 6. The van der Waals surface area contributed by atoms with E-state index in [9.17, 15) is 29.7 Å². The van der Waals surface area contributed by atoms with Crippen molar-refractivity contribution < 1.29 is 29.7 Å². The van der Waals surface area contributed by atoms with Crippen molar-refractivity contribution in [1.82, 2.24) is 0 Å². The van der Waals surface area contributed by atoms with Crippen LogP contribution in [0.4, 0.5) is 0 Å². The largest absolute Gasteiger partial charge is 0.507 e. The molecule has 3 N–H and O–H groups in total. The second kappa shape index (κ2) is 8.80. The Bertz CT molecular complexity index is 1220. The van der Waals surface area contributed by atoms with Gasteiger partial charge in [-0.05, 0) is 54.6 Å². The molecular weight excluding hydrogens is 420 g/mol. The van der Waals surface area contributed by atoms with Crippen molar-refractivity contribution in [2.24, 2.45) is 0 Å². The van der Waals surface area contributed by atoms with Gasteiger partial charge in [0, 0.05) is 16.7 Å². The molecule has 6 heteroatoms. The predicted octanol–water partition coefficient (Wildman–Crippen LogP) is 4.50. The number of aromatic hydroxyl groups is 3. The zero-order chi connectivity index (χ0) is 23.5. The van der Waals surface area contributed by atoms with Gasteiger partial charge in [-0.15, -0.1) is 0 Å². The molecule has 0 bridgehead atoms. The minimum absolute atomic E-state index is 0.00320. The molecule has 6 nitrogen and oxygen atoms in total. The quantitative estimate of drug-likeness (QED) is 0.382. The van der Waals surface area contributed by atoms with Crippen molar-refractivity contribution in [3.8, 4) is 17.2 Å². The van der Waals surface area contributed by atoms with E-state index in [1.54, 1.807) is 36.4 Å². The first kappa shape index (κ1) is 21.5. The summed E-state index contributed by atoms with van der Waals surface area (Å²) >= 11 is 0. The Kier molecular flexibility index (Phi) is 5.74. The summed E-state index contributed by atoms with van der Waals surface area (Å²) in [5, 5.41) is 30.3. The number of carbonyl (C=O) groups is 3. The van der Waals surface area contributed by atoms with Crippen molar-refractivity contribution in [2.75, 3.05) is 0 Å².